The van der Waals surface area contributed by atoms with Crippen molar-refractivity contribution in [3.63, 3.8) is 0 Å². The lowest BCUT2D eigenvalue weighted by molar-refractivity contribution is -0.120. The molecule has 2 rings (SSSR count). The molecule has 0 saturated heterocycles. The Morgan fingerprint density at radius 2 is 2.00 bits per heavy atom. The van der Waals surface area contributed by atoms with Crippen molar-refractivity contribution in [3.05, 3.63) is 53.7 Å². The number of hydrogen-bond acceptors (Lipinski definition) is 2. The van der Waals surface area contributed by atoms with Gasteiger partial charge < -0.3 is 5.32 Å². The monoisotopic (exact) mass is 241 g/mol. The lowest BCUT2D eigenvalue weighted by Crippen LogP contribution is -2.25. The fourth-order valence-corrected chi connectivity index (χ4v) is 2.07. The maximum Gasteiger partial charge on any atom is 0.224 e. The second-order valence-electron chi connectivity index (χ2n) is 4.17. The van der Waals surface area contributed by atoms with Crippen LogP contribution in [0.15, 0.2) is 42.6 Å². The molecule has 3 nitrogen and oxygen atoms in total. The van der Waals surface area contributed by atoms with E-state index < -0.39 is 0 Å². The SMILES string of the molecule is C=CC1=C(NC(=O)CCC)C(=O)c2ccccc21. The van der Waals surface area contributed by atoms with Gasteiger partial charge in [-0.2, -0.15) is 0 Å². The van der Waals surface area contributed by atoms with Crippen LogP contribution in [0, 0.1) is 0 Å². The second-order valence-corrected chi connectivity index (χ2v) is 4.17. The summed E-state index contributed by atoms with van der Waals surface area (Å²) in [6, 6.07) is 7.31. The fraction of sp³-hybridized carbons (Fsp3) is 0.200. The average Bonchev–Trinajstić information content (AvgIpc) is 2.63. The van der Waals surface area contributed by atoms with Crippen LogP contribution in [0.2, 0.25) is 0 Å². The molecule has 18 heavy (non-hydrogen) atoms. The average molecular weight is 241 g/mol. The molecule has 0 fully saturated rings. The van der Waals surface area contributed by atoms with Crippen molar-refractivity contribution < 1.29 is 9.59 Å². The first-order valence-corrected chi connectivity index (χ1v) is 5.99. The number of fused-ring (bicyclic) bond motifs is 1. The predicted molar refractivity (Wildman–Crippen MR) is 70.9 cm³/mol. The van der Waals surface area contributed by atoms with E-state index in [9.17, 15) is 9.59 Å². The van der Waals surface area contributed by atoms with Crippen molar-refractivity contribution in [3.8, 4) is 0 Å². The van der Waals surface area contributed by atoms with Crippen LogP contribution in [0.4, 0.5) is 0 Å². The van der Waals surface area contributed by atoms with Gasteiger partial charge in [-0.3, -0.25) is 9.59 Å². The molecule has 0 aromatic heterocycles. The Morgan fingerprint density at radius 1 is 1.33 bits per heavy atom. The van der Waals surface area contributed by atoms with E-state index >= 15 is 0 Å². The van der Waals surface area contributed by atoms with Crippen LogP contribution < -0.4 is 5.32 Å². The van der Waals surface area contributed by atoms with Gasteiger partial charge in [0.25, 0.3) is 0 Å². The zero-order chi connectivity index (χ0) is 13.1. The smallest absolute Gasteiger partial charge is 0.224 e. The van der Waals surface area contributed by atoms with Gasteiger partial charge in [0.15, 0.2) is 0 Å². The molecule has 0 spiro atoms. The lowest BCUT2D eigenvalue weighted by Gasteiger charge is -2.05. The van der Waals surface area contributed by atoms with Crippen LogP contribution in [-0.4, -0.2) is 11.7 Å². The summed E-state index contributed by atoms with van der Waals surface area (Å²) in [5, 5.41) is 2.70. The summed E-state index contributed by atoms with van der Waals surface area (Å²) in [7, 11) is 0. The molecule has 0 unspecified atom stereocenters. The van der Waals surface area contributed by atoms with Crippen LogP contribution in [0.3, 0.4) is 0 Å². The molecule has 0 heterocycles. The fourth-order valence-electron chi connectivity index (χ4n) is 2.07. The number of carbonyl (C=O) groups is 2. The number of carbonyl (C=O) groups excluding carboxylic acids is 2. The molecule has 1 aromatic rings. The first-order valence-electron chi connectivity index (χ1n) is 5.99. The zero-order valence-electron chi connectivity index (χ0n) is 10.3. The van der Waals surface area contributed by atoms with Crippen molar-refractivity contribution in [2.45, 2.75) is 19.8 Å². The molecule has 1 N–H and O–H groups in total. The molecular weight excluding hydrogens is 226 g/mol. The van der Waals surface area contributed by atoms with Gasteiger partial charge in [-0.05, 0) is 12.0 Å². The number of nitrogens with one attached hydrogen (secondary N) is 1. The van der Waals surface area contributed by atoms with E-state index in [1.54, 1.807) is 12.1 Å². The number of amides is 1. The van der Waals surface area contributed by atoms with E-state index in [0.29, 0.717) is 23.3 Å². The minimum absolute atomic E-state index is 0.131. The molecule has 1 aliphatic carbocycles. The quantitative estimate of drug-likeness (QED) is 0.881. The Labute approximate surface area is 106 Å². The molecular formula is C15H15NO2. The predicted octanol–water partition coefficient (Wildman–Crippen LogP) is 2.70. The van der Waals surface area contributed by atoms with Gasteiger partial charge in [0.1, 0.15) is 0 Å². The van der Waals surface area contributed by atoms with E-state index in [1.165, 1.54) is 0 Å². The number of rotatable bonds is 4. The number of Topliss-reactive ketones (excluding diaryl/α,β-unsaturated/α-hetero) is 1. The van der Waals surface area contributed by atoms with E-state index in [1.807, 2.05) is 25.1 Å². The maximum absolute atomic E-state index is 12.2. The molecule has 3 heteroatoms. The van der Waals surface area contributed by atoms with Gasteiger partial charge in [-0.15, -0.1) is 0 Å². The topological polar surface area (TPSA) is 46.2 Å². The molecule has 0 aliphatic heterocycles. The highest BCUT2D eigenvalue weighted by molar-refractivity contribution is 6.22. The third kappa shape index (κ3) is 1.99. The van der Waals surface area contributed by atoms with Crippen molar-refractivity contribution in [2.75, 3.05) is 0 Å². The second kappa shape index (κ2) is 5.00. The Balaban J connectivity index is 2.38. The molecule has 1 amide bonds. The van der Waals surface area contributed by atoms with E-state index in [2.05, 4.69) is 11.9 Å². The van der Waals surface area contributed by atoms with Crippen LogP contribution in [-0.2, 0) is 4.79 Å². The first-order chi connectivity index (χ1) is 8.69. The number of benzene rings is 1. The number of ketones is 1. The summed E-state index contributed by atoms with van der Waals surface area (Å²) < 4.78 is 0. The summed E-state index contributed by atoms with van der Waals surface area (Å²) in [5.41, 5.74) is 2.52. The Bertz CT molecular complexity index is 555. The third-order valence-corrected chi connectivity index (χ3v) is 2.90. The van der Waals surface area contributed by atoms with E-state index in [4.69, 9.17) is 0 Å². The maximum atomic E-state index is 12.2. The summed E-state index contributed by atoms with van der Waals surface area (Å²) >= 11 is 0. The Hall–Kier alpha value is -2.16. The molecule has 0 saturated carbocycles. The van der Waals surface area contributed by atoms with Gasteiger partial charge in [-0.1, -0.05) is 43.8 Å². The standard InChI is InChI=1S/C15H15NO2/c1-3-7-13(17)16-14-10(4-2)11-8-5-6-9-12(11)15(14)18/h4-6,8-9H,2-3,7H2,1H3,(H,16,17,18). The minimum atomic E-state index is -0.134. The van der Waals surface area contributed by atoms with Crippen LogP contribution in [0.5, 0.6) is 0 Å². The van der Waals surface area contributed by atoms with Gasteiger partial charge in [-0.25, -0.2) is 0 Å². The van der Waals surface area contributed by atoms with Gasteiger partial charge in [0, 0.05) is 17.6 Å². The van der Waals surface area contributed by atoms with Gasteiger partial charge in [0.2, 0.25) is 11.7 Å². The molecule has 0 radical (unpaired) electrons. The van der Waals surface area contributed by atoms with Crippen LogP contribution in [0.1, 0.15) is 35.7 Å². The van der Waals surface area contributed by atoms with Crippen molar-refractivity contribution in [1.29, 1.82) is 0 Å². The molecule has 0 atom stereocenters. The summed E-state index contributed by atoms with van der Waals surface area (Å²) in [4.78, 5) is 23.8. The van der Waals surface area contributed by atoms with Crippen molar-refractivity contribution in [1.82, 2.24) is 5.32 Å². The van der Waals surface area contributed by atoms with Gasteiger partial charge >= 0.3 is 0 Å². The number of allylic oxidation sites excluding steroid dienone is 3. The summed E-state index contributed by atoms with van der Waals surface area (Å²) in [6.07, 6.45) is 2.78. The molecule has 92 valence electrons. The van der Waals surface area contributed by atoms with Crippen LogP contribution >= 0.6 is 0 Å². The van der Waals surface area contributed by atoms with Crippen molar-refractivity contribution >= 4 is 17.3 Å². The van der Waals surface area contributed by atoms with Crippen molar-refractivity contribution in [2.24, 2.45) is 0 Å². The molecule has 1 aromatic carbocycles. The molecule has 1 aliphatic rings. The highest BCUT2D eigenvalue weighted by Gasteiger charge is 2.28. The lowest BCUT2D eigenvalue weighted by atomic mass is 10.1. The summed E-state index contributed by atoms with van der Waals surface area (Å²) in [6.45, 7) is 5.64. The normalized spacial score (nSPS) is 13.5. The molecule has 0 bridgehead atoms. The first kappa shape index (κ1) is 12.3. The zero-order valence-corrected chi connectivity index (χ0v) is 10.3. The highest BCUT2D eigenvalue weighted by atomic mass is 16.2. The number of hydrogen-bond donors (Lipinski definition) is 1. The van der Waals surface area contributed by atoms with E-state index in [-0.39, 0.29) is 11.7 Å². The van der Waals surface area contributed by atoms with Crippen LogP contribution in [0.25, 0.3) is 5.57 Å². The minimum Gasteiger partial charge on any atom is -0.322 e. The Morgan fingerprint density at radius 3 is 2.61 bits per heavy atom. The third-order valence-electron chi connectivity index (χ3n) is 2.90. The highest BCUT2D eigenvalue weighted by Crippen LogP contribution is 2.31. The summed E-state index contributed by atoms with van der Waals surface area (Å²) in [5.74, 6) is -0.266. The van der Waals surface area contributed by atoms with E-state index in [0.717, 1.165) is 12.0 Å². The Kier molecular flexibility index (Phi) is 3.42. The van der Waals surface area contributed by atoms with Gasteiger partial charge in [0.05, 0.1) is 5.70 Å². The largest absolute Gasteiger partial charge is 0.322 e.